The summed E-state index contributed by atoms with van der Waals surface area (Å²) in [6.45, 7) is 1.95. The van der Waals surface area contributed by atoms with Gasteiger partial charge in [0.1, 0.15) is 5.75 Å². The summed E-state index contributed by atoms with van der Waals surface area (Å²) in [7, 11) is 1.62. The molecule has 2 heterocycles. The maximum absolute atomic E-state index is 12.0. The van der Waals surface area contributed by atoms with Crippen molar-refractivity contribution in [3.8, 4) is 5.75 Å². The first-order chi connectivity index (χ1) is 10.1. The van der Waals surface area contributed by atoms with Crippen LogP contribution >= 0.6 is 0 Å². The summed E-state index contributed by atoms with van der Waals surface area (Å²) in [4.78, 5) is 29.2. The number of likely N-dealkylation sites (N-methyl/N-ethyl adjacent to an activating group) is 1. The highest BCUT2D eigenvalue weighted by Gasteiger charge is 2.22. The smallest absolute Gasteiger partial charge is 0.253 e. The van der Waals surface area contributed by atoms with Gasteiger partial charge < -0.3 is 15.7 Å². The van der Waals surface area contributed by atoms with Crippen LogP contribution in [0.15, 0.2) is 18.5 Å². The number of nitrogens with one attached hydrogen (secondary N) is 2. The lowest BCUT2D eigenvalue weighted by atomic mass is 10.0. The Hall–Kier alpha value is -2.15. The molecular formula is C14H20N4O3. The summed E-state index contributed by atoms with van der Waals surface area (Å²) < 4.78 is 0. The fraction of sp³-hybridized carbons (Fsp3) is 0.500. The SMILES string of the molecule is CNC(=O)CN1CCC(NC(=O)c2cncc(O)c2)CC1. The minimum atomic E-state index is -0.233. The predicted octanol–water partition coefficient (Wildman–Crippen LogP) is -0.273. The molecule has 3 N–H and O–H groups in total. The molecule has 7 heteroatoms. The molecule has 1 aromatic heterocycles. The van der Waals surface area contributed by atoms with Gasteiger partial charge in [-0.2, -0.15) is 0 Å². The Morgan fingerprint density at radius 2 is 2.10 bits per heavy atom. The molecule has 114 valence electrons. The molecule has 1 aliphatic rings. The van der Waals surface area contributed by atoms with E-state index in [2.05, 4.69) is 20.5 Å². The van der Waals surface area contributed by atoms with E-state index in [1.54, 1.807) is 7.05 Å². The van der Waals surface area contributed by atoms with E-state index in [1.165, 1.54) is 18.5 Å². The summed E-state index contributed by atoms with van der Waals surface area (Å²) in [5.41, 5.74) is 0.350. The van der Waals surface area contributed by atoms with Crippen molar-refractivity contribution in [1.82, 2.24) is 20.5 Å². The zero-order chi connectivity index (χ0) is 15.2. The summed E-state index contributed by atoms with van der Waals surface area (Å²) in [5, 5.41) is 14.9. The first-order valence-electron chi connectivity index (χ1n) is 6.96. The topological polar surface area (TPSA) is 94.6 Å². The van der Waals surface area contributed by atoms with Crippen molar-refractivity contribution < 1.29 is 14.7 Å². The van der Waals surface area contributed by atoms with Gasteiger partial charge in [0.05, 0.1) is 18.3 Å². The molecule has 0 aromatic carbocycles. The Morgan fingerprint density at radius 1 is 1.38 bits per heavy atom. The molecule has 0 atom stereocenters. The van der Waals surface area contributed by atoms with Crippen LogP contribution in [0.1, 0.15) is 23.2 Å². The van der Waals surface area contributed by atoms with Crippen molar-refractivity contribution >= 4 is 11.8 Å². The van der Waals surface area contributed by atoms with Crippen molar-refractivity contribution in [1.29, 1.82) is 0 Å². The number of nitrogens with zero attached hydrogens (tertiary/aromatic N) is 2. The van der Waals surface area contributed by atoms with Crippen LogP contribution in [0.2, 0.25) is 0 Å². The maximum atomic E-state index is 12.0. The number of carbonyl (C=O) groups is 2. The molecule has 0 unspecified atom stereocenters. The molecule has 7 nitrogen and oxygen atoms in total. The van der Waals surface area contributed by atoms with Crippen LogP contribution in [0.4, 0.5) is 0 Å². The molecule has 0 aliphatic carbocycles. The van der Waals surface area contributed by atoms with Crippen molar-refractivity contribution in [2.75, 3.05) is 26.7 Å². The van der Waals surface area contributed by atoms with Crippen molar-refractivity contribution in [3.63, 3.8) is 0 Å². The largest absolute Gasteiger partial charge is 0.506 e. The Kier molecular flexibility index (Phi) is 5.10. The van der Waals surface area contributed by atoms with Gasteiger partial charge in [0.15, 0.2) is 0 Å². The second kappa shape index (κ2) is 7.03. The molecule has 1 fully saturated rings. The van der Waals surface area contributed by atoms with Crippen LogP contribution < -0.4 is 10.6 Å². The average Bonchev–Trinajstić information content (AvgIpc) is 2.49. The number of pyridine rings is 1. The number of hydrogen-bond acceptors (Lipinski definition) is 5. The van der Waals surface area contributed by atoms with E-state index in [-0.39, 0.29) is 23.6 Å². The molecule has 0 saturated carbocycles. The minimum Gasteiger partial charge on any atom is -0.506 e. The number of carbonyl (C=O) groups excluding carboxylic acids is 2. The lowest BCUT2D eigenvalue weighted by Crippen LogP contribution is -2.47. The Balaban J connectivity index is 1.81. The van der Waals surface area contributed by atoms with Crippen LogP contribution in [0.5, 0.6) is 5.75 Å². The summed E-state index contributed by atoms with van der Waals surface area (Å²) in [6, 6.07) is 1.48. The Bertz CT molecular complexity index is 513. The highest BCUT2D eigenvalue weighted by molar-refractivity contribution is 5.94. The lowest BCUT2D eigenvalue weighted by Gasteiger charge is -2.31. The van der Waals surface area contributed by atoms with Gasteiger partial charge >= 0.3 is 0 Å². The highest BCUT2D eigenvalue weighted by atomic mass is 16.3. The van der Waals surface area contributed by atoms with E-state index in [4.69, 9.17) is 0 Å². The van der Waals surface area contributed by atoms with Crippen molar-refractivity contribution in [2.45, 2.75) is 18.9 Å². The van der Waals surface area contributed by atoms with Gasteiger partial charge in [-0.25, -0.2) is 0 Å². The first kappa shape index (κ1) is 15.2. The second-order valence-electron chi connectivity index (χ2n) is 5.13. The monoisotopic (exact) mass is 292 g/mol. The van der Waals surface area contributed by atoms with Crippen molar-refractivity contribution in [2.24, 2.45) is 0 Å². The van der Waals surface area contributed by atoms with Crippen LogP contribution in [0.25, 0.3) is 0 Å². The molecule has 2 amide bonds. The van der Waals surface area contributed by atoms with Crippen molar-refractivity contribution in [3.05, 3.63) is 24.0 Å². The van der Waals surface area contributed by atoms with Crippen LogP contribution in [-0.4, -0.2) is 59.5 Å². The Labute approximate surface area is 123 Å². The van der Waals surface area contributed by atoms with Gasteiger partial charge in [0.25, 0.3) is 5.91 Å². The second-order valence-corrected chi connectivity index (χ2v) is 5.13. The average molecular weight is 292 g/mol. The summed E-state index contributed by atoms with van der Waals surface area (Å²) in [6.07, 6.45) is 4.31. The molecule has 21 heavy (non-hydrogen) atoms. The molecule has 0 spiro atoms. The number of aromatic nitrogens is 1. The molecule has 2 rings (SSSR count). The van der Waals surface area contributed by atoms with Crippen LogP contribution in [0, 0.1) is 0 Å². The van der Waals surface area contributed by atoms with Gasteiger partial charge in [0, 0.05) is 32.4 Å². The van der Waals surface area contributed by atoms with Crippen LogP contribution in [-0.2, 0) is 4.79 Å². The van der Waals surface area contributed by atoms with Crippen LogP contribution in [0.3, 0.4) is 0 Å². The standard InChI is InChI=1S/C14H20N4O3/c1-15-13(20)9-18-4-2-11(3-5-18)17-14(21)10-6-12(19)8-16-7-10/h6-8,11,19H,2-5,9H2,1H3,(H,15,20)(H,17,21). The molecule has 0 bridgehead atoms. The predicted molar refractivity (Wildman–Crippen MR) is 76.9 cm³/mol. The zero-order valence-electron chi connectivity index (χ0n) is 12.0. The molecular weight excluding hydrogens is 272 g/mol. The van der Waals surface area contributed by atoms with Gasteiger partial charge in [-0.1, -0.05) is 0 Å². The van der Waals surface area contributed by atoms with E-state index in [0.717, 1.165) is 25.9 Å². The van der Waals surface area contributed by atoms with E-state index < -0.39 is 0 Å². The van der Waals surface area contributed by atoms with E-state index in [9.17, 15) is 14.7 Å². The highest BCUT2D eigenvalue weighted by Crippen LogP contribution is 2.12. The number of rotatable bonds is 4. The molecule has 1 aromatic rings. The fourth-order valence-electron chi connectivity index (χ4n) is 2.34. The quantitative estimate of drug-likeness (QED) is 0.710. The third-order valence-electron chi connectivity index (χ3n) is 3.55. The number of piperidine rings is 1. The molecule has 1 saturated heterocycles. The third-order valence-corrected chi connectivity index (χ3v) is 3.55. The maximum Gasteiger partial charge on any atom is 0.253 e. The van der Waals surface area contributed by atoms with Gasteiger partial charge in [-0.15, -0.1) is 0 Å². The van der Waals surface area contributed by atoms with E-state index in [1.807, 2.05) is 0 Å². The summed E-state index contributed by atoms with van der Waals surface area (Å²) in [5.74, 6) is -0.255. The normalized spacial score (nSPS) is 16.4. The number of hydrogen-bond donors (Lipinski definition) is 3. The Morgan fingerprint density at radius 3 is 2.71 bits per heavy atom. The molecule has 0 radical (unpaired) electrons. The van der Waals surface area contributed by atoms with Gasteiger partial charge in [0.2, 0.25) is 5.91 Å². The number of amides is 2. The minimum absolute atomic E-state index is 0.00307. The van der Waals surface area contributed by atoms with Gasteiger partial charge in [-0.3, -0.25) is 19.5 Å². The van der Waals surface area contributed by atoms with E-state index in [0.29, 0.717) is 12.1 Å². The lowest BCUT2D eigenvalue weighted by molar-refractivity contribution is -0.122. The first-order valence-corrected chi connectivity index (χ1v) is 6.96. The fourth-order valence-corrected chi connectivity index (χ4v) is 2.34. The zero-order valence-corrected chi connectivity index (χ0v) is 12.0. The number of likely N-dealkylation sites (tertiary alicyclic amines) is 1. The summed E-state index contributed by atoms with van der Waals surface area (Å²) >= 11 is 0. The van der Waals surface area contributed by atoms with E-state index >= 15 is 0 Å². The number of aromatic hydroxyl groups is 1. The molecule has 1 aliphatic heterocycles. The van der Waals surface area contributed by atoms with Gasteiger partial charge in [-0.05, 0) is 18.9 Å². The third kappa shape index (κ3) is 4.42.